The summed E-state index contributed by atoms with van der Waals surface area (Å²) < 4.78 is 63.6. The molecule has 4 aromatic rings. The molecule has 0 saturated carbocycles. The maximum atomic E-state index is 13.0. The number of aryl methyl sites for hydroxylation is 2. The minimum atomic E-state index is -4.54. The minimum absolute atomic E-state index is 0.0245. The Kier molecular flexibility index (Phi) is 19.3. The number of hydrogen-bond acceptors (Lipinski definition) is 6. The molecule has 0 amide bonds. The topological polar surface area (TPSA) is 70.5 Å². The Morgan fingerprint density at radius 3 is 1.32 bits per heavy atom. The van der Waals surface area contributed by atoms with Gasteiger partial charge in [-0.05, 0) is 85.9 Å². The van der Waals surface area contributed by atoms with E-state index in [4.69, 9.17) is 17.7 Å². The van der Waals surface area contributed by atoms with Gasteiger partial charge in [-0.1, -0.05) is 141 Å². The molecule has 0 bridgehead atoms. The zero-order chi connectivity index (χ0) is 42.3. The summed E-state index contributed by atoms with van der Waals surface area (Å²) in [7, 11) is -4.05. The summed E-state index contributed by atoms with van der Waals surface area (Å²) >= 11 is 2.18. The minimum Gasteiger partial charge on any atom is -0.433 e. The van der Waals surface area contributed by atoms with Crippen LogP contribution in [0.3, 0.4) is 0 Å². The largest absolute Gasteiger partial charge is 0.451 e. The summed E-state index contributed by atoms with van der Waals surface area (Å²) in [5.74, 6) is -0.283. The van der Waals surface area contributed by atoms with Crippen LogP contribution >= 0.6 is 22.6 Å². The molecule has 318 valence electrons. The predicted molar refractivity (Wildman–Crippen MR) is 239 cm³/mol. The van der Waals surface area contributed by atoms with Gasteiger partial charge in [0.25, 0.3) is 0 Å². The molecule has 4 rings (SSSR count). The Bertz CT molecular complexity index is 1700. The van der Waals surface area contributed by atoms with Crippen LogP contribution in [0.1, 0.15) is 147 Å². The lowest BCUT2D eigenvalue weighted by Crippen LogP contribution is -2.41. The number of benzene rings is 2. The molecule has 2 aromatic heterocycles. The molecule has 0 aliphatic carbocycles. The summed E-state index contributed by atoms with van der Waals surface area (Å²) in [6, 6.07) is 21.1. The van der Waals surface area contributed by atoms with Gasteiger partial charge in [0.05, 0.1) is 12.4 Å². The molecule has 2 atom stereocenters. The second-order valence-corrected chi connectivity index (χ2v) is 28.7. The van der Waals surface area contributed by atoms with Crippen molar-refractivity contribution in [3.8, 4) is 0 Å². The quantitative estimate of drug-likeness (QED) is 0.0499. The van der Waals surface area contributed by atoms with Crippen LogP contribution in [0.25, 0.3) is 0 Å². The van der Waals surface area contributed by atoms with E-state index in [2.05, 4.69) is 143 Å². The molecule has 0 aliphatic heterocycles. The second kappa shape index (κ2) is 22.4. The van der Waals surface area contributed by atoms with E-state index in [1.807, 2.05) is 18.2 Å². The fourth-order valence-electron chi connectivity index (χ4n) is 5.83. The first-order valence-electron chi connectivity index (χ1n) is 20.7. The van der Waals surface area contributed by atoms with Crippen LogP contribution in [0.5, 0.6) is 0 Å². The molecule has 57 heavy (non-hydrogen) atoms. The van der Waals surface area contributed by atoms with Gasteiger partial charge in [0.15, 0.2) is 20.4 Å². The van der Waals surface area contributed by atoms with E-state index in [-0.39, 0.29) is 22.1 Å². The SMILES string of the molecule is CC(C)(C)[Si](C)(C)OC(CCCCCCc1ccccc1)c1ncc(C(F)(F)F)o1.CC(C)(C)[Si](C)(C)OC(CCCCCCc1ccccc1)c1ncc(I)o1. The van der Waals surface area contributed by atoms with Crippen molar-refractivity contribution in [3.63, 3.8) is 0 Å². The third kappa shape index (κ3) is 17.1. The number of halogens is 4. The molecule has 12 heteroatoms. The number of aromatic nitrogens is 2. The van der Waals surface area contributed by atoms with Crippen molar-refractivity contribution < 1.29 is 30.9 Å². The maximum Gasteiger partial charge on any atom is 0.451 e. The highest BCUT2D eigenvalue weighted by atomic mass is 127. The zero-order valence-corrected chi connectivity index (χ0v) is 40.3. The fourth-order valence-corrected chi connectivity index (χ4v) is 8.76. The lowest BCUT2D eigenvalue weighted by Gasteiger charge is -2.38. The third-order valence-electron chi connectivity index (χ3n) is 11.4. The standard InChI is InChI=1S/C23H34F3NO2Si.C22H34INO2Si/c1-22(2,3)30(4,5)29-19(21-27-17-20(28-21)23(24,25)26)16-12-7-6-9-13-18-14-10-8-11-15-18;1-22(2,3)27(4,5)26-19(21-24-17-20(23)25-21)16-12-7-6-9-13-18-14-10-8-11-15-18/h8,10-11,14-15,17,19H,6-7,9,12-13,16H2,1-5H3;8,10-11,14-15,17,19H,6-7,9,12-13,16H2,1-5H3. The molecule has 2 aromatic carbocycles. The van der Waals surface area contributed by atoms with E-state index in [0.717, 1.165) is 60.8 Å². The average molecular weight is 941 g/mol. The number of oxazole rings is 2. The number of alkyl halides is 3. The number of unbranched alkanes of at least 4 members (excludes halogenated alkanes) is 6. The Hall–Kier alpha value is -2.27. The van der Waals surface area contributed by atoms with Gasteiger partial charge in [-0.15, -0.1) is 0 Å². The van der Waals surface area contributed by atoms with E-state index >= 15 is 0 Å². The van der Waals surface area contributed by atoms with Crippen molar-refractivity contribution in [1.82, 2.24) is 9.97 Å². The Morgan fingerprint density at radius 2 is 0.965 bits per heavy atom. The summed E-state index contributed by atoms with van der Waals surface area (Å²) in [6.45, 7) is 21.9. The normalized spacial score (nSPS) is 13.9. The van der Waals surface area contributed by atoms with Crippen LogP contribution in [0, 0.1) is 3.77 Å². The Balaban J connectivity index is 0.000000307. The first-order valence-corrected chi connectivity index (χ1v) is 27.6. The van der Waals surface area contributed by atoms with Crippen molar-refractivity contribution in [1.29, 1.82) is 0 Å². The number of hydrogen-bond donors (Lipinski definition) is 0. The first-order chi connectivity index (χ1) is 26.6. The van der Waals surface area contributed by atoms with Gasteiger partial charge in [-0.3, -0.25) is 0 Å². The van der Waals surface area contributed by atoms with E-state index in [1.165, 1.54) is 36.8 Å². The molecule has 2 heterocycles. The van der Waals surface area contributed by atoms with Gasteiger partial charge >= 0.3 is 6.18 Å². The second-order valence-electron chi connectivity index (χ2n) is 18.2. The van der Waals surface area contributed by atoms with Crippen LogP contribution in [0.2, 0.25) is 36.3 Å². The molecule has 0 radical (unpaired) electrons. The van der Waals surface area contributed by atoms with Gasteiger partial charge < -0.3 is 17.7 Å². The van der Waals surface area contributed by atoms with Crippen LogP contribution in [0.15, 0.2) is 81.9 Å². The highest BCUT2D eigenvalue weighted by molar-refractivity contribution is 14.1. The summed E-state index contributed by atoms with van der Waals surface area (Å²) in [5, 5.41) is 0.126. The van der Waals surface area contributed by atoms with Crippen LogP contribution in [-0.4, -0.2) is 26.6 Å². The van der Waals surface area contributed by atoms with Crippen LogP contribution < -0.4 is 0 Å². The zero-order valence-electron chi connectivity index (χ0n) is 36.1. The van der Waals surface area contributed by atoms with E-state index in [0.29, 0.717) is 6.42 Å². The molecule has 2 unspecified atom stereocenters. The summed E-state index contributed by atoms with van der Waals surface area (Å²) in [6.07, 6.45) is 10.1. The smallest absolute Gasteiger partial charge is 0.433 e. The van der Waals surface area contributed by atoms with E-state index < -0.39 is 34.7 Å². The monoisotopic (exact) mass is 940 g/mol. The van der Waals surface area contributed by atoms with Crippen molar-refractivity contribution in [2.24, 2.45) is 0 Å². The maximum absolute atomic E-state index is 13.0. The lowest BCUT2D eigenvalue weighted by atomic mass is 10.0. The highest BCUT2D eigenvalue weighted by Crippen LogP contribution is 2.43. The van der Waals surface area contributed by atoms with Gasteiger partial charge in [0.1, 0.15) is 12.2 Å². The number of rotatable bonds is 20. The van der Waals surface area contributed by atoms with Gasteiger partial charge in [0, 0.05) is 22.6 Å². The van der Waals surface area contributed by atoms with Crippen LogP contribution in [0.4, 0.5) is 13.2 Å². The molecule has 6 nitrogen and oxygen atoms in total. The molecule has 0 N–H and O–H groups in total. The molecule has 0 spiro atoms. The Labute approximate surface area is 356 Å². The fraction of sp³-hybridized carbons (Fsp3) is 0.600. The molecular formula is C45H68F3IN2O4Si2. The summed E-state index contributed by atoms with van der Waals surface area (Å²) in [5.41, 5.74) is 2.77. The molecular weight excluding hydrogens is 873 g/mol. The van der Waals surface area contributed by atoms with Crippen molar-refractivity contribution in [2.75, 3.05) is 0 Å². The average Bonchev–Trinajstić information content (AvgIpc) is 3.81. The first kappa shape index (κ1) is 49.1. The molecule has 0 saturated heterocycles. The third-order valence-corrected chi connectivity index (χ3v) is 20.9. The number of nitrogens with zero attached hydrogens (tertiary/aromatic N) is 2. The van der Waals surface area contributed by atoms with E-state index in [1.54, 1.807) is 6.20 Å². The van der Waals surface area contributed by atoms with Gasteiger partial charge in [-0.25, -0.2) is 9.97 Å². The molecule has 0 fully saturated rings. The van der Waals surface area contributed by atoms with E-state index in [9.17, 15) is 13.2 Å². The lowest BCUT2D eigenvalue weighted by molar-refractivity contribution is -0.154. The van der Waals surface area contributed by atoms with Crippen molar-refractivity contribution in [3.05, 3.63) is 105 Å². The summed E-state index contributed by atoms with van der Waals surface area (Å²) in [4.78, 5) is 8.37. The highest BCUT2D eigenvalue weighted by Gasteiger charge is 2.42. The van der Waals surface area contributed by atoms with Gasteiger partial charge in [0.2, 0.25) is 17.5 Å². The predicted octanol–water partition coefficient (Wildman–Crippen LogP) is 15.5. The van der Waals surface area contributed by atoms with Gasteiger partial charge in [-0.2, -0.15) is 13.2 Å². The van der Waals surface area contributed by atoms with Crippen molar-refractivity contribution in [2.45, 2.75) is 173 Å². The Morgan fingerprint density at radius 1 is 0.579 bits per heavy atom. The molecule has 0 aliphatic rings. The van der Waals surface area contributed by atoms with Crippen molar-refractivity contribution >= 4 is 39.2 Å². The van der Waals surface area contributed by atoms with Crippen LogP contribution in [-0.2, 0) is 27.9 Å².